The molecule has 0 atom stereocenters. The molecule has 2 aromatic rings. The Labute approximate surface area is 130 Å². The van der Waals surface area contributed by atoms with Crippen LogP contribution < -0.4 is 5.32 Å². The maximum absolute atomic E-state index is 11.7. The number of hydrogen-bond acceptors (Lipinski definition) is 3. The number of benzene rings is 2. The first-order valence-corrected chi connectivity index (χ1v) is 7.18. The van der Waals surface area contributed by atoms with Crippen LogP contribution in [0.3, 0.4) is 0 Å². The molecule has 0 fully saturated rings. The van der Waals surface area contributed by atoms with E-state index in [1.165, 1.54) is 5.56 Å². The maximum atomic E-state index is 11.7. The Morgan fingerprint density at radius 1 is 1.14 bits per heavy atom. The van der Waals surface area contributed by atoms with Crippen LogP contribution in [-0.2, 0) is 16.2 Å². The highest BCUT2D eigenvalue weighted by Gasteiger charge is 2.01. The van der Waals surface area contributed by atoms with Gasteiger partial charge < -0.3 is 10.2 Å². The van der Waals surface area contributed by atoms with Gasteiger partial charge >= 0.3 is 0 Å². The average Bonchev–Trinajstić information content (AvgIpc) is 2.52. The molecular weight excluding hydrogens is 276 g/mol. The van der Waals surface area contributed by atoms with Gasteiger partial charge in [0.05, 0.1) is 6.21 Å². The number of nitrogens with zero attached hydrogens (tertiary/aromatic N) is 1. The average molecular weight is 296 g/mol. The highest BCUT2D eigenvalue weighted by molar-refractivity contribution is 5.81. The lowest BCUT2D eigenvalue weighted by Gasteiger charge is -2.05. The molecule has 0 heterocycles. The Bertz CT molecular complexity index is 648. The molecule has 1 amide bonds. The van der Waals surface area contributed by atoms with Crippen LogP contribution in [0.2, 0.25) is 0 Å². The van der Waals surface area contributed by atoms with Gasteiger partial charge in [0, 0.05) is 6.54 Å². The van der Waals surface area contributed by atoms with Crippen molar-refractivity contribution < 1.29 is 9.63 Å². The van der Waals surface area contributed by atoms with E-state index in [1.807, 2.05) is 62.4 Å². The first-order valence-electron chi connectivity index (χ1n) is 7.18. The smallest absolute Gasteiger partial charge is 0.261 e. The standard InChI is InChI=1S/C18H20N2O2/c1-14-7-9-16(10-8-14)11-19-18(21)13-22-20-12-17-6-4-3-5-15(17)2/h3-10,12H,11,13H2,1-2H3,(H,19,21). The van der Waals surface area contributed by atoms with Gasteiger partial charge in [0.1, 0.15) is 0 Å². The van der Waals surface area contributed by atoms with E-state index < -0.39 is 0 Å². The zero-order chi connectivity index (χ0) is 15.8. The monoisotopic (exact) mass is 296 g/mol. The van der Waals surface area contributed by atoms with E-state index in [0.717, 1.165) is 16.7 Å². The van der Waals surface area contributed by atoms with Gasteiger partial charge in [-0.25, -0.2) is 0 Å². The van der Waals surface area contributed by atoms with E-state index >= 15 is 0 Å². The molecule has 1 N–H and O–H groups in total. The summed E-state index contributed by atoms with van der Waals surface area (Å²) in [6.45, 7) is 4.43. The van der Waals surface area contributed by atoms with Gasteiger partial charge in [0.15, 0.2) is 6.61 Å². The third kappa shape index (κ3) is 5.05. The molecule has 2 rings (SSSR count). The number of oxime groups is 1. The Balaban J connectivity index is 1.72. The third-order valence-electron chi connectivity index (χ3n) is 3.26. The topological polar surface area (TPSA) is 50.7 Å². The molecule has 4 heteroatoms. The lowest BCUT2D eigenvalue weighted by atomic mass is 10.1. The summed E-state index contributed by atoms with van der Waals surface area (Å²) in [6.07, 6.45) is 1.61. The first kappa shape index (κ1) is 15.8. The van der Waals surface area contributed by atoms with Gasteiger partial charge in [-0.2, -0.15) is 0 Å². The number of carbonyl (C=O) groups is 1. The summed E-state index contributed by atoms with van der Waals surface area (Å²) in [7, 11) is 0. The number of amides is 1. The van der Waals surface area contributed by atoms with Crippen molar-refractivity contribution in [3.63, 3.8) is 0 Å². The molecule has 22 heavy (non-hydrogen) atoms. The van der Waals surface area contributed by atoms with Crippen molar-refractivity contribution in [2.45, 2.75) is 20.4 Å². The fraction of sp³-hybridized carbons (Fsp3) is 0.222. The lowest BCUT2D eigenvalue weighted by molar-refractivity contribution is -0.125. The molecule has 0 aliphatic carbocycles. The largest absolute Gasteiger partial charge is 0.386 e. The van der Waals surface area contributed by atoms with Crippen LogP contribution >= 0.6 is 0 Å². The molecule has 4 nitrogen and oxygen atoms in total. The van der Waals surface area contributed by atoms with Crippen molar-refractivity contribution in [1.82, 2.24) is 5.32 Å². The molecule has 0 aromatic heterocycles. The normalized spacial score (nSPS) is 10.6. The highest BCUT2D eigenvalue weighted by Crippen LogP contribution is 2.04. The van der Waals surface area contributed by atoms with Crippen molar-refractivity contribution in [3.05, 3.63) is 70.8 Å². The fourth-order valence-electron chi connectivity index (χ4n) is 1.88. The maximum Gasteiger partial charge on any atom is 0.261 e. The van der Waals surface area contributed by atoms with E-state index in [0.29, 0.717) is 6.54 Å². The van der Waals surface area contributed by atoms with Crippen molar-refractivity contribution >= 4 is 12.1 Å². The van der Waals surface area contributed by atoms with Crippen LogP contribution in [0.25, 0.3) is 0 Å². The molecule has 0 spiro atoms. The van der Waals surface area contributed by atoms with Gasteiger partial charge in [0.25, 0.3) is 5.91 Å². The summed E-state index contributed by atoms with van der Waals surface area (Å²) in [5.41, 5.74) is 4.34. The van der Waals surface area contributed by atoms with Crippen LogP contribution in [0, 0.1) is 13.8 Å². The molecular formula is C18H20N2O2. The Kier molecular flexibility index (Phi) is 5.72. The predicted octanol–water partition coefficient (Wildman–Crippen LogP) is 2.97. The second-order valence-corrected chi connectivity index (χ2v) is 5.13. The number of hydrogen-bond donors (Lipinski definition) is 1. The van der Waals surface area contributed by atoms with Crippen LogP contribution in [-0.4, -0.2) is 18.7 Å². The summed E-state index contributed by atoms with van der Waals surface area (Å²) in [5, 5.41) is 6.61. The summed E-state index contributed by atoms with van der Waals surface area (Å²) < 4.78 is 0. The summed E-state index contributed by atoms with van der Waals surface area (Å²) in [6, 6.07) is 15.9. The molecule has 0 bridgehead atoms. The van der Waals surface area contributed by atoms with Crippen LogP contribution in [0.15, 0.2) is 53.7 Å². The Morgan fingerprint density at radius 3 is 2.59 bits per heavy atom. The fourth-order valence-corrected chi connectivity index (χ4v) is 1.88. The SMILES string of the molecule is Cc1ccc(CNC(=O)CON=Cc2ccccc2C)cc1. The summed E-state index contributed by atoms with van der Waals surface area (Å²) >= 11 is 0. The molecule has 0 aliphatic heterocycles. The molecule has 0 radical (unpaired) electrons. The Hall–Kier alpha value is -2.62. The van der Waals surface area contributed by atoms with Crippen molar-refractivity contribution in [2.24, 2.45) is 5.16 Å². The minimum Gasteiger partial charge on any atom is -0.386 e. The number of rotatable bonds is 6. The number of carbonyl (C=O) groups excluding carboxylic acids is 1. The molecule has 0 saturated heterocycles. The van der Waals surface area contributed by atoms with Gasteiger partial charge in [0.2, 0.25) is 0 Å². The van der Waals surface area contributed by atoms with Gasteiger partial charge in [-0.1, -0.05) is 59.3 Å². The van der Waals surface area contributed by atoms with E-state index in [4.69, 9.17) is 4.84 Å². The van der Waals surface area contributed by atoms with Crippen molar-refractivity contribution in [3.8, 4) is 0 Å². The van der Waals surface area contributed by atoms with E-state index in [-0.39, 0.29) is 12.5 Å². The quantitative estimate of drug-likeness (QED) is 0.658. The van der Waals surface area contributed by atoms with Crippen molar-refractivity contribution in [2.75, 3.05) is 6.61 Å². The molecule has 0 unspecified atom stereocenters. The summed E-state index contributed by atoms with van der Waals surface area (Å²) in [5.74, 6) is -0.192. The number of aryl methyl sites for hydroxylation is 2. The first-order chi connectivity index (χ1) is 10.6. The van der Waals surface area contributed by atoms with Gasteiger partial charge in [-0.15, -0.1) is 0 Å². The zero-order valence-electron chi connectivity index (χ0n) is 12.9. The minimum atomic E-state index is -0.192. The van der Waals surface area contributed by atoms with Gasteiger partial charge in [-0.05, 0) is 30.5 Å². The molecule has 0 saturated carbocycles. The third-order valence-corrected chi connectivity index (χ3v) is 3.26. The number of nitrogens with one attached hydrogen (secondary N) is 1. The minimum absolute atomic E-state index is 0.0890. The lowest BCUT2D eigenvalue weighted by Crippen LogP contribution is -2.26. The summed E-state index contributed by atoms with van der Waals surface area (Å²) in [4.78, 5) is 16.7. The van der Waals surface area contributed by atoms with E-state index in [1.54, 1.807) is 6.21 Å². The second kappa shape index (κ2) is 7.98. The Morgan fingerprint density at radius 2 is 1.86 bits per heavy atom. The molecule has 0 aliphatic rings. The van der Waals surface area contributed by atoms with Crippen LogP contribution in [0.1, 0.15) is 22.3 Å². The molecule has 2 aromatic carbocycles. The van der Waals surface area contributed by atoms with Gasteiger partial charge in [-0.3, -0.25) is 4.79 Å². The van der Waals surface area contributed by atoms with Crippen LogP contribution in [0.4, 0.5) is 0 Å². The molecule has 114 valence electrons. The second-order valence-electron chi connectivity index (χ2n) is 5.13. The van der Waals surface area contributed by atoms with E-state index in [9.17, 15) is 4.79 Å². The predicted molar refractivity (Wildman–Crippen MR) is 87.8 cm³/mol. The zero-order valence-corrected chi connectivity index (χ0v) is 12.9. The highest BCUT2D eigenvalue weighted by atomic mass is 16.6. The van der Waals surface area contributed by atoms with Crippen molar-refractivity contribution in [1.29, 1.82) is 0 Å². The van der Waals surface area contributed by atoms with E-state index in [2.05, 4.69) is 10.5 Å². The van der Waals surface area contributed by atoms with Crippen LogP contribution in [0.5, 0.6) is 0 Å².